The van der Waals surface area contributed by atoms with Crippen LogP contribution in [-0.4, -0.2) is 108 Å². The molecule has 0 radical (unpaired) electrons. The lowest BCUT2D eigenvalue weighted by Crippen LogP contribution is -2.72. The maximum atomic E-state index is 16.5. The molecular formula is C36H34F2N6O4. The van der Waals surface area contributed by atoms with Gasteiger partial charge >= 0.3 is 6.01 Å². The number of terminal acetylenes is 1. The van der Waals surface area contributed by atoms with Crippen molar-refractivity contribution in [3.8, 4) is 29.6 Å². The van der Waals surface area contributed by atoms with Crippen LogP contribution in [0.5, 0.6) is 6.01 Å². The Balaban J connectivity index is 1.10. The number of hydrogen-bond donors (Lipinski definition) is 0. The third-order valence-corrected chi connectivity index (χ3v) is 10.1. The largest absolute Gasteiger partial charge is 0.467 e. The van der Waals surface area contributed by atoms with Gasteiger partial charge in [-0.15, -0.1) is 6.42 Å². The Kier molecular flexibility index (Phi) is 7.70. The molecule has 0 aliphatic carbocycles. The number of piperazine rings is 1. The van der Waals surface area contributed by atoms with Crippen molar-refractivity contribution >= 4 is 33.4 Å². The SMILES string of the molecule is C#Cc1c(F)ccc2cccc(-c3ncc4c(N5CCN(C(=O)/C=C/CN6[C@@H]7CC[C@H]6COC7)C6(COC6)C5)nc(OC)nc4c3F)c12. The van der Waals surface area contributed by atoms with E-state index in [4.69, 9.17) is 20.6 Å². The molecule has 0 saturated carbocycles. The lowest BCUT2D eigenvalue weighted by molar-refractivity contribution is -0.164. The van der Waals surface area contributed by atoms with Crippen LogP contribution in [0.2, 0.25) is 0 Å². The summed E-state index contributed by atoms with van der Waals surface area (Å²) in [6.45, 7) is 4.27. The zero-order chi connectivity index (χ0) is 33.0. The van der Waals surface area contributed by atoms with Crippen molar-refractivity contribution in [1.29, 1.82) is 0 Å². The number of hydrogen-bond acceptors (Lipinski definition) is 9. The molecule has 12 heteroatoms. The van der Waals surface area contributed by atoms with E-state index in [1.54, 1.807) is 30.3 Å². The molecular weight excluding hydrogens is 618 g/mol. The van der Waals surface area contributed by atoms with Gasteiger partial charge in [-0.1, -0.05) is 36.3 Å². The number of benzene rings is 2. The third-order valence-electron chi connectivity index (χ3n) is 10.1. The van der Waals surface area contributed by atoms with Crippen molar-refractivity contribution in [2.24, 2.45) is 0 Å². The predicted molar refractivity (Wildman–Crippen MR) is 176 cm³/mol. The number of ether oxygens (including phenoxy) is 3. The number of amides is 1. The first-order valence-electron chi connectivity index (χ1n) is 16.1. The van der Waals surface area contributed by atoms with Gasteiger partial charge in [0.15, 0.2) is 5.82 Å². The predicted octanol–water partition coefficient (Wildman–Crippen LogP) is 3.95. The quantitative estimate of drug-likeness (QED) is 0.227. The van der Waals surface area contributed by atoms with E-state index in [1.807, 2.05) is 15.9 Å². The summed E-state index contributed by atoms with van der Waals surface area (Å²) in [5.41, 5.74) is -0.181. The second-order valence-corrected chi connectivity index (χ2v) is 12.8. The molecule has 2 aromatic carbocycles. The lowest BCUT2D eigenvalue weighted by Gasteiger charge is -2.55. The van der Waals surface area contributed by atoms with Crippen LogP contribution < -0.4 is 9.64 Å². The van der Waals surface area contributed by atoms with Crippen LogP contribution in [0.3, 0.4) is 0 Å². The van der Waals surface area contributed by atoms with E-state index in [0.717, 1.165) is 32.6 Å². The summed E-state index contributed by atoms with van der Waals surface area (Å²) < 4.78 is 48.0. The fourth-order valence-electron chi connectivity index (χ4n) is 7.70. The first-order valence-corrected chi connectivity index (χ1v) is 16.1. The van der Waals surface area contributed by atoms with Crippen molar-refractivity contribution in [2.45, 2.75) is 30.5 Å². The zero-order valence-corrected chi connectivity index (χ0v) is 26.5. The number of nitrogens with zero attached hydrogens (tertiary/aromatic N) is 6. The van der Waals surface area contributed by atoms with E-state index < -0.39 is 17.2 Å². The van der Waals surface area contributed by atoms with E-state index in [0.29, 0.717) is 72.5 Å². The molecule has 0 unspecified atom stereocenters. The maximum absolute atomic E-state index is 16.5. The van der Waals surface area contributed by atoms with Crippen molar-refractivity contribution in [1.82, 2.24) is 24.8 Å². The Hall–Kier alpha value is -4.70. The van der Waals surface area contributed by atoms with Gasteiger partial charge in [-0.05, 0) is 24.3 Å². The number of carbonyl (C=O) groups excluding carboxylic acids is 1. The fourth-order valence-corrected chi connectivity index (χ4v) is 7.70. The highest BCUT2D eigenvalue weighted by Gasteiger charge is 2.50. The second-order valence-electron chi connectivity index (χ2n) is 12.8. The van der Waals surface area contributed by atoms with Crippen molar-refractivity contribution in [3.05, 3.63) is 65.9 Å². The van der Waals surface area contributed by atoms with Gasteiger partial charge in [-0.2, -0.15) is 9.97 Å². The Morgan fingerprint density at radius 2 is 1.94 bits per heavy atom. The number of pyridine rings is 1. The number of anilines is 1. The highest BCUT2D eigenvalue weighted by molar-refractivity contribution is 6.02. The van der Waals surface area contributed by atoms with Gasteiger partial charge < -0.3 is 24.0 Å². The van der Waals surface area contributed by atoms with Gasteiger partial charge in [0.05, 0.1) is 44.5 Å². The van der Waals surface area contributed by atoms with Crippen LogP contribution in [0, 0.1) is 24.0 Å². The van der Waals surface area contributed by atoms with E-state index in [9.17, 15) is 9.18 Å². The summed E-state index contributed by atoms with van der Waals surface area (Å²) in [7, 11) is 1.42. The maximum Gasteiger partial charge on any atom is 0.318 e. The number of halogens is 2. The summed E-state index contributed by atoms with van der Waals surface area (Å²) in [5.74, 6) is 1.52. The highest BCUT2D eigenvalue weighted by atomic mass is 19.1. The topological polar surface area (TPSA) is 93.2 Å². The monoisotopic (exact) mass is 652 g/mol. The number of morpholine rings is 1. The molecule has 2 bridgehead atoms. The molecule has 4 aromatic rings. The van der Waals surface area contributed by atoms with Crippen LogP contribution in [0.15, 0.2) is 48.7 Å². The Morgan fingerprint density at radius 1 is 1.12 bits per heavy atom. The van der Waals surface area contributed by atoms with Gasteiger partial charge in [0.2, 0.25) is 5.91 Å². The molecule has 48 heavy (non-hydrogen) atoms. The molecule has 0 N–H and O–H groups in total. The van der Waals surface area contributed by atoms with E-state index in [2.05, 4.69) is 25.8 Å². The minimum atomic E-state index is -0.705. The number of aromatic nitrogens is 3. The Labute approximate surface area is 276 Å². The summed E-state index contributed by atoms with van der Waals surface area (Å²) in [6.07, 6.45) is 13.1. The minimum absolute atomic E-state index is 0.00921. The standard InChI is InChI=1S/C36H34F2N6O4/c1-3-25-28(37)12-9-22-6-4-7-26(30(22)25)32-31(38)33-27(16-39-32)34(41-35(40-33)46-2)42-14-15-44(36(19-42)20-48-21-36)29(45)8-5-13-43-23-10-11-24(43)18-47-17-23/h1,4-9,12,16,23-24H,10-11,13-15,17-21H2,2H3/b8-5+/t23-,24+. The smallest absolute Gasteiger partial charge is 0.318 e. The van der Waals surface area contributed by atoms with E-state index in [-0.39, 0.29) is 28.7 Å². The number of fused-ring (bicyclic) bond motifs is 4. The average Bonchev–Trinajstić information content (AvgIpc) is 3.30. The van der Waals surface area contributed by atoms with Crippen LogP contribution in [0.1, 0.15) is 18.4 Å². The van der Waals surface area contributed by atoms with Gasteiger partial charge in [0.1, 0.15) is 28.4 Å². The number of rotatable bonds is 6. The van der Waals surface area contributed by atoms with Gasteiger partial charge in [0, 0.05) is 61.5 Å². The highest BCUT2D eigenvalue weighted by Crippen LogP contribution is 2.39. The Bertz CT molecular complexity index is 1990. The summed E-state index contributed by atoms with van der Waals surface area (Å²) in [4.78, 5) is 33.4. The second kappa shape index (κ2) is 12.1. The first kappa shape index (κ1) is 30.6. The molecule has 246 valence electrons. The van der Waals surface area contributed by atoms with Crippen LogP contribution in [0.4, 0.5) is 14.6 Å². The third kappa shape index (κ3) is 4.96. The van der Waals surface area contributed by atoms with Gasteiger partial charge in [-0.25, -0.2) is 8.78 Å². The molecule has 4 saturated heterocycles. The average molecular weight is 653 g/mol. The van der Waals surface area contributed by atoms with Crippen molar-refractivity contribution in [2.75, 3.05) is 64.6 Å². The Morgan fingerprint density at radius 3 is 2.67 bits per heavy atom. The molecule has 4 aliphatic rings. The lowest BCUT2D eigenvalue weighted by atomic mass is 9.91. The van der Waals surface area contributed by atoms with Crippen LogP contribution in [0.25, 0.3) is 32.9 Å². The van der Waals surface area contributed by atoms with Crippen molar-refractivity contribution < 1.29 is 27.8 Å². The fraction of sp³-hybridized carbons (Fsp3) is 0.389. The molecule has 1 amide bonds. The summed E-state index contributed by atoms with van der Waals surface area (Å²) in [6, 6.07) is 8.92. The molecule has 1 spiro atoms. The number of methoxy groups -OCH3 is 1. The molecule has 6 heterocycles. The van der Waals surface area contributed by atoms with Crippen molar-refractivity contribution in [3.63, 3.8) is 0 Å². The van der Waals surface area contributed by atoms with E-state index in [1.165, 1.54) is 19.4 Å². The van der Waals surface area contributed by atoms with Gasteiger partial charge in [0.25, 0.3) is 0 Å². The van der Waals surface area contributed by atoms with E-state index >= 15 is 4.39 Å². The molecule has 2 atom stereocenters. The summed E-state index contributed by atoms with van der Waals surface area (Å²) in [5, 5.41) is 1.44. The van der Waals surface area contributed by atoms with Crippen LogP contribution >= 0.6 is 0 Å². The molecule has 10 nitrogen and oxygen atoms in total. The molecule has 4 fully saturated rings. The first-order chi connectivity index (χ1) is 23.4. The zero-order valence-electron chi connectivity index (χ0n) is 26.5. The van der Waals surface area contributed by atoms with Crippen LogP contribution in [-0.2, 0) is 14.3 Å². The number of carbonyl (C=O) groups is 1. The minimum Gasteiger partial charge on any atom is -0.467 e. The van der Waals surface area contributed by atoms with Gasteiger partial charge in [-0.3, -0.25) is 14.7 Å². The molecule has 2 aromatic heterocycles. The normalized spacial score (nSPS) is 22.0. The summed E-state index contributed by atoms with van der Waals surface area (Å²) >= 11 is 0. The molecule has 8 rings (SSSR count). The molecule has 4 aliphatic heterocycles.